The molecule has 0 saturated carbocycles. The predicted octanol–water partition coefficient (Wildman–Crippen LogP) is 3.58. The maximum Gasteiger partial charge on any atom is 0.563 e. The second-order valence-corrected chi connectivity index (χ2v) is 18.1. The number of carbonyl (C=O) groups excluding carboxylic acids is 3. The van der Waals surface area contributed by atoms with Gasteiger partial charge in [0.25, 0.3) is 11.8 Å². The smallest absolute Gasteiger partial charge is 0.534 e. The summed E-state index contributed by atoms with van der Waals surface area (Å²) in [5, 5.41) is 2.86. The van der Waals surface area contributed by atoms with Gasteiger partial charge in [0.15, 0.2) is 5.54 Å². The SMILES string of the molecule is C=C1OB(c2ccc([C@]3(CN4Cc5ccc(F)cc5C4=O)NC(=O)N(COCC[Si](C)(C)C)C3=O)cc2)OC1(C)C. The Morgan fingerprint density at radius 1 is 1.12 bits per heavy atom. The molecule has 3 aliphatic rings. The van der Waals surface area contributed by atoms with E-state index in [0.717, 1.165) is 10.9 Å². The van der Waals surface area contributed by atoms with Gasteiger partial charge in [-0.05, 0) is 48.6 Å². The molecule has 0 spiro atoms. The molecule has 4 amide bonds. The van der Waals surface area contributed by atoms with Crippen LogP contribution >= 0.6 is 0 Å². The number of carbonyl (C=O) groups is 3. The van der Waals surface area contributed by atoms with Crippen molar-refractivity contribution in [3.8, 4) is 0 Å². The Bertz CT molecular complexity index is 1410. The molecule has 2 aromatic carbocycles. The number of ether oxygens (including phenoxy) is 1. The normalized spacial score (nSPS) is 22.0. The van der Waals surface area contributed by atoms with Crippen molar-refractivity contribution in [2.24, 2.45) is 0 Å². The van der Waals surface area contributed by atoms with Gasteiger partial charge >= 0.3 is 13.1 Å². The largest absolute Gasteiger partial charge is 0.563 e. The number of urea groups is 1. The van der Waals surface area contributed by atoms with Crippen LogP contribution in [0.2, 0.25) is 25.7 Å². The molecule has 2 fully saturated rings. The first-order valence-corrected chi connectivity index (χ1v) is 17.3. The Hall–Kier alpha value is -3.48. The molecule has 3 heterocycles. The molecule has 3 aliphatic heterocycles. The lowest BCUT2D eigenvalue weighted by Gasteiger charge is -2.32. The Morgan fingerprint density at radius 3 is 2.46 bits per heavy atom. The van der Waals surface area contributed by atoms with Crippen LogP contribution in [-0.4, -0.2) is 68.3 Å². The fourth-order valence-corrected chi connectivity index (χ4v) is 5.87. The molecule has 5 rings (SSSR count). The Morgan fingerprint density at radius 2 is 1.83 bits per heavy atom. The molecule has 2 saturated heterocycles. The molecular formula is C29H35BFN3O6Si. The Labute approximate surface area is 240 Å². The van der Waals surface area contributed by atoms with Crippen molar-refractivity contribution in [2.75, 3.05) is 19.9 Å². The van der Waals surface area contributed by atoms with Crippen LogP contribution in [0.4, 0.5) is 9.18 Å². The van der Waals surface area contributed by atoms with Crippen molar-refractivity contribution >= 4 is 38.5 Å². The van der Waals surface area contributed by atoms with Crippen LogP contribution in [0.25, 0.3) is 0 Å². The highest BCUT2D eigenvalue weighted by Crippen LogP contribution is 2.34. The van der Waals surface area contributed by atoms with E-state index in [9.17, 15) is 18.8 Å². The second kappa shape index (κ2) is 10.4. The number of fused-ring (bicyclic) bond motifs is 1. The first kappa shape index (κ1) is 29.0. The quantitative estimate of drug-likeness (QED) is 0.277. The van der Waals surface area contributed by atoms with Crippen LogP contribution in [0.15, 0.2) is 54.8 Å². The fourth-order valence-electron chi connectivity index (χ4n) is 5.11. The molecule has 0 aliphatic carbocycles. The van der Waals surface area contributed by atoms with E-state index in [2.05, 4.69) is 31.5 Å². The van der Waals surface area contributed by atoms with Crippen molar-refractivity contribution in [1.82, 2.24) is 15.1 Å². The average Bonchev–Trinajstić information content (AvgIpc) is 3.45. The van der Waals surface area contributed by atoms with Crippen LogP contribution in [-0.2, 0) is 30.9 Å². The molecule has 9 nitrogen and oxygen atoms in total. The van der Waals surface area contributed by atoms with Gasteiger partial charge in [-0.2, -0.15) is 0 Å². The van der Waals surface area contributed by atoms with Crippen LogP contribution in [0.5, 0.6) is 0 Å². The Balaban J connectivity index is 1.43. The van der Waals surface area contributed by atoms with E-state index >= 15 is 0 Å². The van der Waals surface area contributed by atoms with Gasteiger partial charge in [0.2, 0.25) is 0 Å². The summed E-state index contributed by atoms with van der Waals surface area (Å²) in [6.07, 6.45) is 0. The van der Waals surface area contributed by atoms with Crippen LogP contribution in [0, 0.1) is 5.82 Å². The topological polar surface area (TPSA) is 97.4 Å². The van der Waals surface area contributed by atoms with Gasteiger partial charge in [0.1, 0.15) is 18.1 Å². The summed E-state index contributed by atoms with van der Waals surface area (Å²) in [6.45, 7) is 14.6. The lowest BCUT2D eigenvalue weighted by molar-refractivity contribution is -0.135. The highest BCUT2D eigenvalue weighted by molar-refractivity contribution is 6.76. The summed E-state index contributed by atoms with van der Waals surface area (Å²) in [7, 11) is -2.04. The molecule has 216 valence electrons. The van der Waals surface area contributed by atoms with Gasteiger partial charge in [0, 0.05) is 26.8 Å². The molecule has 2 aromatic rings. The van der Waals surface area contributed by atoms with Gasteiger partial charge in [-0.25, -0.2) is 14.1 Å². The minimum absolute atomic E-state index is 0.141. The summed E-state index contributed by atoms with van der Waals surface area (Å²) < 4.78 is 31.4. The van der Waals surface area contributed by atoms with Crippen molar-refractivity contribution in [2.45, 2.75) is 57.2 Å². The number of rotatable bonds is 9. The maximum atomic E-state index is 14.0. The number of benzene rings is 2. The van der Waals surface area contributed by atoms with E-state index in [1.54, 1.807) is 30.3 Å². The minimum Gasteiger partial charge on any atom is -0.534 e. The summed E-state index contributed by atoms with van der Waals surface area (Å²) >= 11 is 0. The van der Waals surface area contributed by atoms with E-state index < -0.39 is 50.0 Å². The lowest BCUT2D eigenvalue weighted by Crippen LogP contribution is -2.53. The third-order valence-corrected chi connectivity index (χ3v) is 9.47. The number of imide groups is 1. The predicted molar refractivity (Wildman–Crippen MR) is 154 cm³/mol. The van der Waals surface area contributed by atoms with E-state index in [0.29, 0.717) is 29.0 Å². The number of halogens is 1. The van der Waals surface area contributed by atoms with Crippen LogP contribution in [0.1, 0.15) is 35.3 Å². The summed E-state index contributed by atoms with van der Waals surface area (Å²) in [5.41, 5.74) is -0.135. The third kappa shape index (κ3) is 5.55. The first-order valence-electron chi connectivity index (χ1n) is 13.6. The average molecular weight is 580 g/mol. The summed E-state index contributed by atoms with van der Waals surface area (Å²) in [4.78, 5) is 43.0. The Kier molecular flexibility index (Phi) is 7.37. The van der Waals surface area contributed by atoms with Gasteiger partial charge in [-0.1, -0.05) is 56.6 Å². The molecule has 12 heteroatoms. The molecule has 0 bridgehead atoms. The molecule has 1 N–H and O–H groups in total. The minimum atomic E-state index is -1.58. The van der Waals surface area contributed by atoms with Gasteiger partial charge in [-0.15, -0.1) is 0 Å². The van der Waals surface area contributed by atoms with Crippen LogP contribution in [0.3, 0.4) is 0 Å². The van der Waals surface area contributed by atoms with E-state index in [1.807, 2.05) is 13.8 Å². The highest BCUT2D eigenvalue weighted by Gasteiger charge is 2.55. The molecule has 0 unspecified atom stereocenters. The van der Waals surface area contributed by atoms with E-state index in [4.69, 9.17) is 14.0 Å². The fraction of sp³-hybridized carbons (Fsp3) is 0.414. The molecule has 0 aromatic heterocycles. The van der Waals surface area contributed by atoms with Gasteiger partial charge in [-0.3, -0.25) is 9.59 Å². The maximum absolute atomic E-state index is 14.0. The van der Waals surface area contributed by atoms with E-state index in [-0.39, 0.29) is 25.4 Å². The van der Waals surface area contributed by atoms with Crippen molar-refractivity contribution in [3.63, 3.8) is 0 Å². The summed E-state index contributed by atoms with van der Waals surface area (Å²) in [5.74, 6) is -0.940. The zero-order valence-corrected chi connectivity index (χ0v) is 25.1. The number of hydrogen-bond acceptors (Lipinski definition) is 6. The third-order valence-electron chi connectivity index (χ3n) is 7.77. The summed E-state index contributed by atoms with van der Waals surface area (Å²) in [6, 6.07) is 11.3. The molecule has 0 radical (unpaired) electrons. The molecule has 1 atom stereocenters. The number of nitrogens with one attached hydrogen (secondary N) is 1. The zero-order chi connectivity index (χ0) is 29.7. The van der Waals surface area contributed by atoms with Crippen molar-refractivity contribution in [3.05, 3.63) is 77.3 Å². The van der Waals surface area contributed by atoms with E-state index in [1.165, 1.54) is 17.0 Å². The van der Waals surface area contributed by atoms with Crippen molar-refractivity contribution in [1.29, 1.82) is 0 Å². The zero-order valence-electron chi connectivity index (χ0n) is 24.1. The van der Waals surface area contributed by atoms with Gasteiger partial charge < -0.3 is 24.3 Å². The monoisotopic (exact) mass is 579 g/mol. The van der Waals surface area contributed by atoms with Crippen molar-refractivity contribution < 1.29 is 32.8 Å². The standard InChI is InChI=1S/C29H35BFN3O6Si/c1-19-28(2,3)40-30(39-19)22-10-8-21(9-11-22)29(17-33-16-20-7-12-23(31)15-24(20)25(33)35)26(36)34(27(37)32-29)18-38-13-14-41(4,5)6/h7-12,15H,1,13-14,16-18H2,2-6H3,(H,32,37)/t29-/m0/s1. The number of nitrogens with zero attached hydrogens (tertiary/aromatic N) is 2. The molecule has 41 heavy (non-hydrogen) atoms. The first-order chi connectivity index (χ1) is 19.2. The number of hydrogen-bond donors (Lipinski definition) is 1. The second-order valence-electron chi connectivity index (χ2n) is 12.5. The molecular weight excluding hydrogens is 544 g/mol. The van der Waals surface area contributed by atoms with Crippen LogP contribution < -0.4 is 10.8 Å². The highest BCUT2D eigenvalue weighted by atomic mass is 28.3. The van der Waals surface area contributed by atoms with Gasteiger partial charge in [0.05, 0.1) is 12.3 Å². The lowest BCUT2D eigenvalue weighted by atomic mass is 9.77. The number of amides is 4.